The highest BCUT2D eigenvalue weighted by molar-refractivity contribution is 5.94. The summed E-state index contributed by atoms with van der Waals surface area (Å²) in [5, 5.41) is 0. The van der Waals surface area contributed by atoms with E-state index in [1.165, 1.54) is 11.1 Å². The lowest BCUT2D eigenvalue weighted by Crippen LogP contribution is -2.44. The Balaban J connectivity index is 1.50. The van der Waals surface area contributed by atoms with Crippen LogP contribution in [0.4, 0.5) is 0 Å². The number of aromatic nitrogens is 1. The SMILES string of the molecule is CCN(CC)C(=O)CC1CC2(CCN(C(=O)c3cccnc3)CC2)c2ccccc21. The normalized spacial score (nSPS) is 19.5. The highest BCUT2D eigenvalue weighted by Crippen LogP contribution is 2.52. The molecule has 2 aromatic rings. The second-order valence-corrected chi connectivity index (χ2v) is 8.57. The molecule has 1 unspecified atom stereocenters. The first kappa shape index (κ1) is 20.6. The van der Waals surface area contributed by atoms with Crippen molar-refractivity contribution in [2.24, 2.45) is 0 Å². The lowest BCUT2D eigenvalue weighted by atomic mass is 9.73. The molecule has 30 heavy (non-hydrogen) atoms. The summed E-state index contributed by atoms with van der Waals surface area (Å²) in [5.41, 5.74) is 3.47. The van der Waals surface area contributed by atoms with Gasteiger partial charge in [0.1, 0.15) is 0 Å². The highest BCUT2D eigenvalue weighted by Gasteiger charge is 2.46. The molecule has 2 aliphatic rings. The van der Waals surface area contributed by atoms with Crippen LogP contribution in [0.2, 0.25) is 0 Å². The number of nitrogens with zero attached hydrogens (tertiary/aromatic N) is 3. The molecule has 1 aliphatic heterocycles. The van der Waals surface area contributed by atoms with E-state index in [4.69, 9.17) is 0 Å². The van der Waals surface area contributed by atoms with E-state index < -0.39 is 0 Å². The van der Waals surface area contributed by atoms with E-state index in [1.54, 1.807) is 12.4 Å². The summed E-state index contributed by atoms with van der Waals surface area (Å²) in [6.07, 6.45) is 6.83. The van der Waals surface area contributed by atoms with Gasteiger partial charge in [0.15, 0.2) is 0 Å². The smallest absolute Gasteiger partial charge is 0.255 e. The van der Waals surface area contributed by atoms with Gasteiger partial charge in [-0.1, -0.05) is 24.3 Å². The van der Waals surface area contributed by atoms with Crippen molar-refractivity contribution in [2.45, 2.75) is 50.9 Å². The number of hydrogen-bond acceptors (Lipinski definition) is 3. The summed E-state index contributed by atoms with van der Waals surface area (Å²) in [6, 6.07) is 12.3. The van der Waals surface area contributed by atoms with E-state index in [0.29, 0.717) is 12.0 Å². The van der Waals surface area contributed by atoms with Gasteiger partial charge in [0.25, 0.3) is 5.91 Å². The van der Waals surface area contributed by atoms with Gasteiger partial charge < -0.3 is 9.80 Å². The maximum atomic E-state index is 12.8. The zero-order valence-corrected chi connectivity index (χ0v) is 18.0. The van der Waals surface area contributed by atoms with Crippen molar-refractivity contribution >= 4 is 11.8 Å². The van der Waals surface area contributed by atoms with Crippen LogP contribution in [0.25, 0.3) is 0 Å². The number of pyridine rings is 1. The number of carbonyl (C=O) groups is 2. The average molecular weight is 406 g/mol. The first-order valence-electron chi connectivity index (χ1n) is 11.1. The Kier molecular flexibility index (Phi) is 5.89. The van der Waals surface area contributed by atoms with Crippen LogP contribution in [0.5, 0.6) is 0 Å². The van der Waals surface area contributed by atoms with Crippen LogP contribution in [0.3, 0.4) is 0 Å². The molecule has 1 aromatic heterocycles. The van der Waals surface area contributed by atoms with Crippen LogP contribution in [0.1, 0.15) is 66.9 Å². The Morgan fingerprint density at radius 2 is 1.83 bits per heavy atom. The minimum Gasteiger partial charge on any atom is -0.343 e. The van der Waals surface area contributed by atoms with Crippen molar-refractivity contribution in [1.82, 2.24) is 14.8 Å². The second kappa shape index (κ2) is 8.58. The van der Waals surface area contributed by atoms with Gasteiger partial charge >= 0.3 is 0 Å². The Morgan fingerprint density at radius 1 is 1.10 bits per heavy atom. The maximum Gasteiger partial charge on any atom is 0.255 e. The average Bonchev–Trinajstić information content (AvgIpc) is 3.08. The van der Waals surface area contributed by atoms with Crippen LogP contribution in [-0.4, -0.2) is 52.8 Å². The summed E-state index contributed by atoms with van der Waals surface area (Å²) in [6.45, 7) is 7.11. The fourth-order valence-electron chi connectivity index (χ4n) is 5.41. The Morgan fingerprint density at radius 3 is 2.50 bits per heavy atom. The molecule has 1 aromatic carbocycles. The molecule has 0 bridgehead atoms. The first-order valence-corrected chi connectivity index (χ1v) is 11.1. The van der Waals surface area contributed by atoms with E-state index in [0.717, 1.165) is 45.4 Å². The molecule has 1 atom stereocenters. The third-order valence-corrected chi connectivity index (χ3v) is 7.06. The standard InChI is InChI=1S/C25H31N3O2/c1-3-27(4-2)23(29)16-20-17-25(22-10-6-5-9-21(20)22)11-14-28(15-12-25)24(30)19-8-7-13-26-18-19/h5-10,13,18,20H,3-4,11-12,14-17H2,1-2H3. The highest BCUT2D eigenvalue weighted by atomic mass is 16.2. The molecule has 1 spiro atoms. The first-order chi connectivity index (χ1) is 14.6. The molecule has 1 aliphatic carbocycles. The van der Waals surface area contributed by atoms with Crippen molar-refractivity contribution < 1.29 is 9.59 Å². The predicted octanol–water partition coefficient (Wildman–Crippen LogP) is 4.00. The van der Waals surface area contributed by atoms with E-state index >= 15 is 0 Å². The molecule has 5 heteroatoms. The summed E-state index contributed by atoms with van der Waals surface area (Å²) < 4.78 is 0. The number of amides is 2. The number of carbonyl (C=O) groups excluding carboxylic acids is 2. The van der Waals surface area contributed by atoms with Crippen molar-refractivity contribution in [3.05, 3.63) is 65.5 Å². The van der Waals surface area contributed by atoms with Crippen LogP contribution in [-0.2, 0) is 10.2 Å². The van der Waals surface area contributed by atoms with Crippen molar-refractivity contribution in [2.75, 3.05) is 26.2 Å². The van der Waals surface area contributed by atoms with Crippen LogP contribution in [0.15, 0.2) is 48.8 Å². The van der Waals surface area contributed by atoms with E-state index in [1.807, 2.05) is 35.8 Å². The third kappa shape index (κ3) is 3.73. The number of piperidine rings is 1. The summed E-state index contributed by atoms with van der Waals surface area (Å²) in [7, 11) is 0. The van der Waals surface area contributed by atoms with E-state index in [9.17, 15) is 9.59 Å². The van der Waals surface area contributed by atoms with Crippen LogP contribution in [0, 0.1) is 0 Å². The van der Waals surface area contributed by atoms with Gasteiger partial charge in [0.2, 0.25) is 5.91 Å². The fourth-order valence-corrected chi connectivity index (χ4v) is 5.41. The van der Waals surface area contributed by atoms with Gasteiger partial charge in [0, 0.05) is 45.0 Å². The van der Waals surface area contributed by atoms with Crippen LogP contribution >= 0.6 is 0 Å². The van der Waals surface area contributed by atoms with Gasteiger partial charge in [-0.2, -0.15) is 0 Å². The lowest BCUT2D eigenvalue weighted by molar-refractivity contribution is -0.131. The van der Waals surface area contributed by atoms with Gasteiger partial charge in [-0.25, -0.2) is 0 Å². The topological polar surface area (TPSA) is 53.5 Å². The molecule has 158 valence electrons. The molecular formula is C25H31N3O2. The molecule has 2 heterocycles. The van der Waals surface area contributed by atoms with Crippen molar-refractivity contribution in [1.29, 1.82) is 0 Å². The minimum absolute atomic E-state index is 0.0671. The number of hydrogen-bond donors (Lipinski definition) is 0. The van der Waals surface area contributed by atoms with E-state index in [-0.39, 0.29) is 23.1 Å². The predicted molar refractivity (Wildman–Crippen MR) is 117 cm³/mol. The summed E-state index contributed by atoms with van der Waals surface area (Å²) >= 11 is 0. The largest absolute Gasteiger partial charge is 0.343 e. The molecule has 0 saturated carbocycles. The summed E-state index contributed by atoms with van der Waals surface area (Å²) in [4.78, 5) is 33.6. The molecule has 0 radical (unpaired) electrons. The third-order valence-electron chi connectivity index (χ3n) is 7.06. The zero-order valence-electron chi connectivity index (χ0n) is 18.0. The zero-order chi connectivity index (χ0) is 21.1. The quantitative estimate of drug-likeness (QED) is 0.755. The number of fused-ring (bicyclic) bond motifs is 2. The molecule has 1 fully saturated rings. The Labute approximate surface area is 179 Å². The van der Waals surface area contributed by atoms with Crippen molar-refractivity contribution in [3.8, 4) is 0 Å². The lowest BCUT2D eigenvalue weighted by Gasteiger charge is -2.40. The van der Waals surface area contributed by atoms with Gasteiger partial charge in [-0.05, 0) is 67.7 Å². The van der Waals surface area contributed by atoms with Gasteiger partial charge in [0.05, 0.1) is 5.56 Å². The Bertz CT molecular complexity index is 900. The molecule has 2 amide bonds. The van der Waals surface area contributed by atoms with E-state index in [2.05, 4.69) is 29.2 Å². The fraction of sp³-hybridized carbons (Fsp3) is 0.480. The Hall–Kier alpha value is -2.69. The molecule has 5 nitrogen and oxygen atoms in total. The molecular weight excluding hydrogens is 374 g/mol. The molecule has 0 N–H and O–H groups in total. The minimum atomic E-state index is 0.0671. The summed E-state index contributed by atoms with van der Waals surface area (Å²) in [5.74, 6) is 0.591. The van der Waals surface area contributed by atoms with Crippen LogP contribution < -0.4 is 0 Å². The maximum absolute atomic E-state index is 12.8. The number of benzene rings is 1. The van der Waals surface area contributed by atoms with Crippen molar-refractivity contribution in [3.63, 3.8) is 0 Å². The monoisotopic (exact) mass is 405 g/mol. The molecule has 1 saturated heterocycles. The van der Waals surface area contributed by atoms with Gasteiger partial charge in [-0.15, -0.1) is 0 Å². The van der Waals surface area contributed by atoms with Gasteiger partial charge in [-0.3, -0.25) is 14.6 Å². The second-order valence-electron chi connectivity index (χ2n) is 8.57. The number of rotatable bonds is 5. The molecule has 4 rings (SSSR count). The number of likely N-dealkylation sites (tertiary alicyclic amines) is 1.